The van der Waals surface area contributed by atoms with E-state index in [4.69, 9.17) is 23.2 Å². The van der Waals surface area contributed by atoms with Crippen LogP contribution in [-0.4, -0.2) is 11.4 Å². The maximum Gasteiger partial charge on any atom is 0.0400 e. The van der Waals surface area contributed by atoms with Crippen LogP contribution in [0.5, 0.6) is 0 Å². The number of likely N-dealkylation sites (N-methyl/N-ethyl adjacent to an activating group) is 1. The molecule has 97 valence electrons. The van der Waals surface area contributed by atoms with Gasteiger partial charge in [0.25, 0.3) is 0 Å². The second-order valence-corrected chi connectivity index (χ2v) is 4.98. The van der Waals surface area contributed by atoms with Gasteiger partial charge < -0.3 is 4.90 Å². The molecule has 1 nitrogen and oxygen atoms in total. The van der Waals surface area contributed by atoms with E-state index in [1.807, 2.05) is 25.1 Å². The smallest absolute Gasteiger partial charge is 0.0400 e. The van der Waals surface area contributed by atoms with Crippen LogP contribution in [0.3, 0.4) is 0 Å². The third-order valence-electron chi connectivity index (χ3n) is 2.98. The van der Waals surface area contributed by atoms with Gasteiger partial charge in [0.1, 0.15) is 0 Å². The Hall–Kier alpha value is -0.0761. The Kier molecular flexibility index (Phi) is 6.33. The predicted octanol–water partition coefficient (Wildman–Crippen LogP) is 4.93. The van der Waals surface area contributed by atoms with Crippen LogP contribution in [0.1, 0.15) is 19.4 Å². The minimum atomic E-state index is 0. The maximum atomic E-state index is 6.25. The fraction of sp³-hybridized carbons (Fsp3) is 0.200. The number of hydrogen-bond donors (Lipinski definition) is 0. The molecular formula is C15H14Cl2NY-. The van der Waals surface area contributed by atoms with Crippen LogP contribution >= 0.6 is 23.2 Å². The van der Waals surface area contributed by atoms with Gasteiger partial charge in [-0.2, -0.15) is 12.2 Å². The number of hydrogen-bond acceptors (Lipinski definition) is 1. The zero-order chi connectivity index (χ0) is 13.3. The molecule has 1 aliphatic rings. The fourth-order valence-electron chi connectivity index (χ4n) is 1.94. The summed E-state index contributed by atoms with van der Waals surface area (Å²) in [5.74, 6) is 0. The van der Waals surface area contributed by atoms with Crippen molar-refractivity contribution in [1.82, 2.24) is 4.90 Å². The van der Waals surface area contributed by atoms with Gasteiger partial charge in [0.2, 0.25) is 0 Å². The molecule has 0 bridgehead atoms. The molecule has 0 unspecified atom stereocenters. The molecule has 0 N–H and O–H groups in total. The standard InChI is InChI=1S/C15H14Cl2N.Y/c1-4-18-11(3)10(2)5-8-15(18)13-7-6-12(16)9-14(13)17;/h5-7,9H,3-4H2,1-2H3;/q-1;. The molecular weight excluding hydrogens is 354 g/mol. The quantitative estimate of drug-likeness (QED) is 0.670. The molecule has 0 saturated heterocycles. The molecule has 19 heavy (non-hydrogen) atoms. The minimum Gasteiger partial charge on any atom is -0.376 e. The van der Waals surface area contributed by atoms with Crippen LogP contribution in [0.25, 0.3) is 5.70 Å². The van der Waals surface area contributed by atoms with Crippen molar-refractivity contribution in [1.29, 1.82) is 0 Å². The Morgan fingerprint density at radius 3 is 2.58 bits per heavy atom. The molecule has 0 saturated carbocycles. The molecule has 0 aromatic heterocycles. The molecule has 0 amide bonds. The molecule has 1 radical (unpaired) electrons. The Morgan fingerprint density at radius 2 is 2.00 bits per heavy atom. The van der Waals surface area contributed by atoms with Crippen molar-refractivity contribution in [2.75, 3.05) is 6.54 Å². The van der Waals surface area contributed by atoms with Gasteiger partial charge in [0.05, 0.1) is 0 Å². The summed E-state index contributed by atoms with van der Waals surface area (Å²) >= 11 is 12.2. The second kappa shape index (κ2) is 7.08. The van der Waals surface area contributed by atoms with E-state index in [-0.39, 0.29) is 32.7 Å². The summed E-state index contributed by atoms with van der Waals surface area (Å²) in [6.45, 7) is 9.03. The summed E-state index contributed by atoms with van der Waals surface area (Å²) in [5, 5.41) is 1.26. The van der Waals surface area contributed by atoms with Gasteiger partial charge in [-0.25, -0.2) is 0 Å². The predicted molar refractivity (Wildman–Crippen MR) is 78.4 cm³/mol. The van der Waals surface area contributed by atoms with E-state index in [9.17, 15) is 0 Å². The normalized spacial score (nSPS) is 14.7. The first-order chi connectivity index (χ1) is 8.54. The first-order valence-corrected chi connectivity index (χ1v) is 6.52. The summed E-state index contributed by atoms with van der Waals surface area (Å²) < 4.78 is 0. The third-order valence-corrected chi connectivity index (χ3v) is 3.53. The molecule has 4 heteroatoms. The maximum absolute atomic E-state index is 6.25. The van der Waals surface area contributed by atoms with Gasteiger partial charge in [-0.3, -0.25) is 0 Å². The Bertz CT molecular complexity index is 561. The molecule has 1 aromatic carbocycles. The monoisotopic (exact) mass is 367 g/mol. The number of nitrogens with zero attached hydrogens (tertiary/aromatic N) is 1. The molecule has 0 atom stereocenters. The van der Waals surface area contributed by atoms with Gasteiger partial charge in [-0.1, -0.05) is 54.0 Å². The van der Waals surface area contributed by atoms with Crippen molar-refractivity contribution in [3.8, 4) is 0 Å². The topological polar surface area (TPSA) is 3.24 Å². The second-order valence-electron chi connectivity index (χ2n) is 4.14. The van der Waals surface area contributed by atoms with Crippen molar-refractivity contribution in [3.05, 3.63) is 63.8 Å². The number of benzene rings is 1. The average Bonchev–Trinajstić information content (AvgIpc) is 2.33. The first kappa shape index (κ1) is 17.0. The van der Waals surface area contributed by atoms with E-state index in [2.05, 4.69) is 24.5 Å². The molecule has 0 fully saturated rings. The van der Waals surface area contributed by atoms with Crippen LogP contribution < -0.4 is 0 Å². The van der Waals surface area contributed by atoms with Crippen molar-refractivity contribution >= 4 is 28.9 Å². The molecule has 1 aliphatic heterocycles. The number of allylic oxidation sites excluding steroid dienone is 3. The van der Waals surface area contributed by atoms with Crippen molar-refractivity contribution in [2.24, 2.45) is 0 Å². The SMILES string of the molecule is C=C1C(C)=C[C-]=C(c2ccc(Cl)cc2Cl)N1CC.[Y]. The van der Waals surface area contributed by atoms with Crippen LogP contribution in [-0.2, 0) is 32.7 Å². The first-order valence-electron chi connectivity index (χ1n) is 5.77. The van der Waals surface area contributed by atoms with Crippen LogP contribution in [0.2, 0.25) is 10.0 Å². The zero-order valence-electron chi connectivity index (χ0n) is 11.0. The van der Waals surface area contributed by atoms with E-state index in [1.54, 1.807) is 6.07 Å². The van der Waals surface area contributed by atoms with Crippen molar-refractivity contribution < 1.29 is 32.7 Å². The van der Waals surface area contributed by atoms with E-state index in [0.29, 0.717) is 10.0 Å². The van der Waals surface area contributed by atoms with Crippen LogP contribution in [0, 0.1) is 6.08 Å². The van der Waals surface area contributed by atoms with Crippen molar-refractivity contribution in [3.63, 3.8) is 0 Å². The van der Waals surface area contributed by atoms with E-state index in [0.717, 1.165) is 29.1 Å². The number of halogens is 2. The van der Waals surface area contributed by atoms with Gasteiger partial charge >= 0.3 is 0 Å². The summed E-state index contributed by atoms with van der Waals surface area (Å²) in [7, 11) is 0. The summed E-state index contributed by atoms with van der Waals surface area (Å²) in [5.41, 5.74) is 3.96. The van der Waals surface area contributed by atoms with Gasteiger partial charge in [0.15, 0.2) is 0 Å². The average molecular weight is 368 g/mol. The Balaban J connectivity index is 0.00000180. The summed E-state index contributed by atoms with van der Waals surface area (Å²) in [6.07, 6.45) is 5.21. The number of rotatable bonds is 2. The minimum absolute atomic E-state index is 0. The van der Waals surface area contributed by atoms with Gasteiger partial charge in [-0.15, -0.1) is 11.6 Å². The molecule has 0 aliphatic carbocycles. The summed E-state index contributed by atoms with van der Waals surface area (Å²) in [6, 6.07) is 5.49. The molecule has 1 heterocycles. The zero-order valence-corrected chi connectivity index (χ0v) is 15.4. The third kappa shape index (κ3) is 3.52. The van der Waals surface area contributed by atoms with E-state index < -0.39 is 0 Å². The van der Waals surface area contributed by atoms with Gasteiger partial charge in [-0.05, 0) is 23.7 Å². The molecule has 1 aromatic rings. The van der Waals surface area contributed by atoms with Gasteiger partial charge in [0, 0.05) is 44.3 Å². The molecule has 0 spiro atoms. The molecule has 2 rings (SSSR count). The van der Waals surface area contributed by atoms with E-state index in [1.165, 1.54) is 0 Å². The van der Waals surface area contributed by atoms with Crippen molar-refractivity contribution in [2.45, 2.75) is 13.8 Å². The Labute approximate surface area is 149 Å². The Morgan fingerprint density at radius 1 is 1.32 bits per heavy atom. The fourth-order valence-corrected chi connectivity index (χ4v) is 2.44. The van der Waals surface area contributed by atoms with E-state index >= 15 is 0 Å². The van der Waals surface area contributed by atoms with Crippen LogP contribution in [0.15, 0.2) is 42.1 Å². The van der Waals surface area contributed by atoms with Crippen LogP contribution in [0.4, 0.5) is 0 Å². The largest absolute Gasteiger partial charge is 0.376 e. The summed E-state index contributed by atoms with van der Waals surface area (Å²) in [4.78, 5) is 2.10.